The third-order valence-corrected chi connectivity index (χ3v) is 2.19. The quantitative estimate of drug-likeness (QED) is 0.690. The molecule has 1 rings (SSSR count). The number of nitrogens with two attached hydrogens (primary N) is 1. The lowest BCUT2D eigenvalue weighted by molar-refractivity contribution is -0.122. The molecule has 0 saturated carbocycles. The van der Waals surface area contributed by atoms with Gasteiger partial charge in [0.05, 0.1) is 6.04 Å². The highest BCUT2D eigenvalue weighted by molar-refractivity contribution is 5.81. The van der Waals surface area contributed by atoms with Crippen molar-refractivity contribution in [2.75, 3.05) is 6.54 Å². The lowest BCUT2D eigenvalue weighted by Gasteiger charge is -2.09. The van der Waals surface area contributed by atoms with Crippen LogP contribution in [0.5, 0.6) is 0 Å². The van der Waals surface area contributed by atoms with E-state index in [1.807, 2.05) is 12.1 Å². The van der Waals surface area contributed by atoms with Gasteiger partial charge in [0.15, 0.2) is 0 Å². The Morgan fingerprint density at radius 2 is 2.50 bits per heavy atom. The molecular formula is C12H17N3O. The van der Waals surface area contributed by atoms with Crippen LogP contribution in [0.2, 0.25) is 0 Å². The van der Waals surface area contributed by atoms with Crippen LogP contribution >= 0.6 is 0 Å². The number of nitrogens with one attached hydrogen (secondary N) is 1. The molecule has 0 bridgehead atoms. The Morgan fingerprint density at radius 3 is 3.12 bits per heavy atom. The van der Waals surface area contributed by atoms with E-state index in [2.05, 4.69) is 16.9 Å². The van der Waals surface area contributed by atoms with Gasteiger partial charge in [-0.3, -0.25) is 9.78 Å². The van der Waals surface area contributed by atoms with Crippen molar-refractivity contribution in [1.29, 1.82) is 0 Å². The lowest BCUT2D eigenvalue weighted by Crippen LogP contribution is -2.40. The SMILES string of the molecule is C=CCC(N)C(=O)NCCc1cccnc1. The molecule has 4 heteroatoms. The maximum atomic E-state index is 11.4. The van der Waals surface area contributed by atoms with Gasteiger partial charge in [-0.2, -0.15) is 0 Å². The summed E-state index contributed by atoms with van der Waals surface area (Å²) in [4.78, 5) is 15.4. The molecule has 3 N–H and O–H groups in total. The topological polar surface area (TPSA) is 68.0 Å². The number of rotatable bonds is 6. The summed E-state index contributed by atoms with van der Waals surface area (Å²) in [6, 6.07) is 3.36. The largest absolute Gasteiger partial charge is 0.354 e. The predicted molar refractivity (Wildman–Crippen MR) is 63.7 cm³/mol. The number of carbonyl (C=O) groups excluding carboxylic acids is 1. The minimum atomic E-state index is -0.494. The number of hydrogen-bond donors (Lipinski definition) is 2. The van der Waals surface area contributed by atoms with Gasteiger partial charge in [-0.15, -0.1) is 6.58 Å². The van der Waals surface area contributed by atoms with Crippen LogP contribution in [0.3, 0.4) is 0 Å². The van der Waals surface area contributed by atoms with Crippen LogP contribution in [0, 0.1) is 0 Å². The molecule has 1 atom stereocenters. The Balaban J connectivity index is 2.25. The Labute approximate surface area is 95.6 Å². The number of hydrogen-bond acceptors (Lipinski definition) is 3. The van der Waals surface area contributed by atoms with Gasteiger partial charge in [0.25, 0.3) is 0 Å². The first kappa shape index (κ1) is 12.4. The lowest BCUT2D eigenvalue weighted by atomic mass is 10.2. The zero-order valence-electron chi connectivity index (χ0n) is 9.23. The van der Waals surface area contributed by atoms with Gasteiger partial charge in [0.2, 0.25) is 5.91 Å². The average Bonchev–Trinajstić information content (AvgIpc) is 2.30. The fourth-order valence-electron chi connectivity index (χ4n) is 1.29. The summed E-state index contributed by atoms with van der Waals surface area (Å²) in [5, 5.41) is 2.78. The molecule has 0 radical (unpaired) electrons. The standard InChI is InChI=1S/C12H17N3O/c1-2-4-11(13)12(16)15-8-6-10-5-3-7-14-9-10/h2-3,5,7,9,11H,1,4,6,8,13H2,(H,15,16). The van der Waals surface area contributed by atoms with Crippen LogP contribution < -0.4 is 11.1 Å². The molecule has 0 aliphatic rings. The second kappa shape index (κ2) is 6.74. The fourth-order valence-corrected chi connectivity index (χ4v) is 1.29. The summed E-state index contributed by atoms with van der Waals surface area (Å²) in [7, 11) is 0. The molecule has 0 spiro atoms. The Bertz CT molecular complexity index is 337. The molecule has 0 saturated heterocycles. The van der Waals surface area contributed by atoms with Gasteiger partial charge < -0.3 is 11.1 Å². The van der Waals surface area contributed by atoms with Gasteiger partial charge in [0, 0.05) is 18.9 Å². The van der Waals surface area contributed by atoms with E-state index >= 15 is 0 Å². The molecule has 1 amide bonds. The number of aromatic nitrogens is 1. The van der Waals surface area contributed by atoms with Gasteiger partial charge in [-0.25, -0.2) is 0 Å². The normalized spacial score (nSPS) is 11.8. The van der Waals surface area contributed by atoms with Gasteiger partial charge in [-0.1, -0.05) is 12.1 Å². The van der Waals surface area contributed by atoms with Crippen molar-refractivity contribution in [1.82, 2.24) is 10.3 Å². The fraction of sp³-hybridized carbons (Fsp3) is 0.333. The van der Waals surface area contributed by atoms with Crippen molar-refractivity contribution in [2.24, 2.45) is 5.73 Å². The zero-order chi connectivity index (χ0) is 11.8. The summed E-state index contributed by atoms with van der Waals surface area (Å²) in [5.74, 6) is -0.135. The van der Waals surface area contributed by atoms with E-state index in [4.69, 9.17) is 5.73 Å². The molecule has 0 fully saturated rings. The number of pyridine rings is 1. The maximum absolute atomic E-state index is 11.4. The second-order valence-corrected chi connectivity index (χ2v) is 3.53. The second-order valence-electron chi connectivity index (χ2n) is 3.53. The van der Waals surface area contributed by atoms with Gasteiger partial charge in [-0.05, 0) is 24.5 Å². The van der Waals surface area contributed by atoms with E-state index in [-0.39, 0.29) is 5.91 Å². The number of nitrogens with zero attached hydrogens (tertiary/aromatic N) is 1. The van der Waals surface area contributed by atoms with Crippen molar-refractivity contribution >= 4 is 5.91 Å². The molecule has 0 aliphatic heterocycles. The van der Waals surface area contributed by atoms with Crippen molar-refractivity contribution in [3.8, 4) is 0 Å². The molecule has 1 unspecified atom stereocenters. The van der Waals surface area contributed by atoms with Crippen molar-refractivity contribution in [3.05, 3.63) is 42.7 Å². The molecule has 1 heterocycles. The summed E-state index contributed by atoms with van der Waals surface area (Å²) in [6.07, 6.45) is 6.42. The van der Waals surface area contributed by atoms with E-state index in [1.54, 1.807) is 18.5 Å². The summed E-state index contributed by atoms with van der Waals surface area (Å²) in [6.45, 7) is 4.12. The highest BCUT2D eigenvalue weighted by atomic mass is 16.2. The molecule has 0 aliphatic carbocycles. The minimum absolute atomic E-state index is 0.135. The van der Waals surface area contributed by atoms with Crippen LogP contribution in [0.25, 0.3) is 0 Å². The Kier molecular flexibility index (Phi) is 5.22. The first-order valence-electron chi connectivity index (χ1n) is 5.27. The molecular weight excluding hydrogens is 202 g/mol. The highest BCUT2D eigenvalue weighted by Gasteiger charge is 2.09. The molecule has 0 aromatic carbocycles. The van der Waals surface area contributed by atoms with E-state index in [1.165, 1.54) is 0 Å². The summed E-state index contributed by atoms with van der Waals surface area (Å²) < 4.78 is 0. The van der Waals surface area contributed by atoms with Gasteiger partial charge in [0.1, 0.15) is 0 Å². The highest BCUT2D eigenvalue weighted by Crippen LogP contribution is 1.96. The molecule has 16 heavy (non-hydrogen) atoms. The Hall–Kier alpha value is -1.68. The minimum Gasteiger partial charge on any atom is -0.354 e. The summed E-state index contributed by atoms with van der Waals surface area (Å²) in [5.41, 5.74) is 6.71. The van der Waals surface area contributed by atoms with Crippen molar-refractivity contribution in [2.45, 2.75) is 18.9 Å². The van der Waals surface area contributed by atoms with E-state index in [0.717, 1.165) is 12.0 Å². The smallest absolute Gasteiger partial charge is 0.237 e. The van der Waals surface area contributed by atoms with Crippen LogP contribution in [0.1, 0.15) is 12.0 Å². The van der Waals surface area contributed by atoms with Gasteiger partial charge >= 0.3 is 0 Å². The van der Waals surface area contributed by atoms with E-state index in [9.17, 15) is 4.79 Å². The zero-order valence-corrected chi connectivity index (χ0v) is 9.23. The molecule has 4 nitrogen and oxygen atoms in total. The molecule has 1 aromatic rings. The van der Waals surface area contributed by atoms with Crippen LogP contribution in [0.15, 0.2) is 37.2 Å². The maximum Gasteiger partial charge on any atom is 0.237 e. The van der Waals surface area contributed by atoms with Crippen LogP contribution in [-0.2, 0) is 11.2 Å². The summed E-state index contributed by atoms with van der Waals surface area (Å²) >= 11 is 0. The first-order valence-corrected chi connectivity index (χ1v) is 5.27. The third-order valence-electron chi connectivity index (χ3n) is 2.19. The number of carbonyl (C=O) groups is 1. The van der Waals surface area contributed by atoms with Crippen LogP contribution in [-0.4, -0.2) is 23.5 Å². The van der Waals surface area contributed by atoms with E-state index in [0.29, 0.717) is 13.0 Å². The predicted octanol–water partition coefficient (Wildman–Crippen LogP) is 0.644. The Morgan fingerprint density at radius 1 is 1.69 bits per heavy atom. The number of amides is 1. The van der Waals surface area contributed by atoms with Crippen molar-refractivity contribution < 1.29 is 4.79 Å². The average molecular weight is 219 g/mol. The van der Waals surface area contributed by atoms with Crippen LogP contribution in [0.4, 0.5) is 0 Å². The van der Waals surface area contributed by atoms with E-state index < -0.39 is 6.04 Å². The molecule has 86 valence electrons. The third kappa shape index (κ3) is 4.23. The first-order chi connectivity index (χ1) is 7.74. The molecule has 1 aromatic heterocycles. The van der Waals surface area contributed by atoms with Crippen molar-refractivity contribution in [3.63, 3.8) is 0 Å². The monoisotopic (exact) mass is 219 g/mol.